The molecular formula is C15H13F2N3O. The smallest absolute Gasteiger partial charge is 0.387 e. The van der Waals surface area contributed by atoms with Crippen LogP contribution in [0.5, 0.6) is 5.75 Å². The lowest BCUT2D eigenvalue weighted by atomic mass is 10.1. The predicted molar refractivity (Wildman–Crippen MR) is 75.3 cm³/mol. The largest absolute Gasteiger partial charge is 0.435 e. The molecule has 0 atom stereocenters. The minimum Gasteiger partial charge on any atom is -0.435 e. The van der Waals surface area contributed by atoms with Crippen molar-refractivity contribution >= 4 is 11.0 Å². The van der Waals surface area contributed by atoms with Gasteiger partial charge in [-0.3, -0.25) is 4.68 Å². The number of benzene rings is 1. The summed E-state index contributed by atoms with van der Waals surface area (Å²) < 4.78 is 30.4. The molecule has 21 heavy (non-hydrogen) atoms. The summed E-state index contributed by atoms with van der Waals surface area (Å²) in [6.07, 6.45) is 1.71. The number of pyridine rings is 1. The summed E-state index contributed by atoms with van der Waals surface area (Å²) in [4.78, 5) is 4.55. The van der Waals surface area contributed by atoms with E-state index in [0.29, 0.717) is 0 Å². The highest BCUT2D eigenvalue weighted by atomic mass is 19.3. The Balaban J connectivity index is 2.00. The van der Waals surface area contributed by atoms with Crippen molar-refractivity contribution in [2.24, 2.45) is 7.05 Å². The average Bonchev–Trinajstić information content (AvgIpc) is 2.81. The maximum atomic E-state index is 12.1. The fourth-order valence-electron chi connectivity index (χ4n) is 2.36. The second-order valence-corrected chi connectivity index (χ2v) is 4.73. The molecule has 0 bridgehead atoms. The first-order chi connectivity index (χ1) is 10.0. The number of fused-ring (bicyclic) bond motifs is 1. The molecule has 6 heteroatoms. The van der Waals surface area contributed by atoms with Crippen molar-refractivity contribution in [3.05, 3.63) is 42.1 Å². The summed E-state index contributed by atoms with van der Waals surface area (Å²) in [6.45, 7) is -0.827. The quantitative estimate of drug-likeness (QED) is 0.740. The Kier molecular flexibility index (Phi) is 3.29. The summed E-state index contributed by atoms with van der Waals surface area (Å²) in [7, 11) is 1.87. The molecule has 108 valence electrons. The molecule has 1 aromatic carbocycles. The monoisotopic (exact) mass is 289 g/mol. The molecule has 2 aromatic heterocycles. The van der Waals surface area contributed by atoms with E-state index in [1.165, 1.54) is 12.1 Å². The average molecular weight is 289 g/mol. The number of nitrogens with zero attached hydrogens (tertiary/aromatic N) is 3. The van der Waals surface area contributed by atoms with Gasteiger partial charge in [0.15, 0.2) is 0 Å². The van der Waals surface area contributed by atoms with E-state index in [1.54, 1.807) is 23.0 Å². The van der Waals surface area contributed by atoms with Gasteiger partial charge in [-0.1, -0.05) is 0 Å². The zero-order valence-electron chi connectivity index (χ0n) is 11.5. The molecule has 3 rings (SSSR count). The van der Waals surface area contributed by atoms with Crippen LogP contribution in [0, 0.1) is 6.92 Å². The van der Waals surface area contributed by atoms with Crippen molar-refractivity contribution in [2.75, 3.05) is 0 Å². The van der Waals surface area contributed by atoms with Crippen LogP contribution < -0.4 is 4.74 Å². The standard InChI is InChI=1S/C15H13F2N3O/c1-9-7-12(19-13-8-18-20(2)14(9)13)10-3-5-11(6-4-10)21-15(16)17/h3-8,15H,1-2H3. The molecule has 0 aliphatic rings. The van der Waals surface area contributed by atoms with E-state index in [1.807, 2.05) is 20.0 Å². The fraction of sp³-hybridized carbons (Fsp3) is 0.200. The van der Waals surface area contributed by atoms with Gasteiger partial charge in [0.05, 0.1) is 17.4 Å². The van der Waals surface area contributed by atoms with Crippen molar-refractivity contribution in [3.63, 3.8) is 0 Å². The van der Waals surface area contributed by atoms with Crippen LogP contribution in [0.2, 0.25) is 0 Å². The van der Waals surface area contributed by atoms with Crippen LogP contribution in [-0.2, 0) is 7.05 Å². The van der Waals surface area contributed by atoms with Gasteiger partial charge < -0.3 is 4.74 Å². The van der Waals surface area contributed by atoms with Gasteiger partial charge in [-0.2, -0.15) is 13.9 Å². The number of alkyl halides is 2. The summed E-state index contributed by atoms with van der Waals surface area (Å²) in [6, 6.07) is 8.38. The van der Waals surface area contributed by atoms with E-state index in [4.69, 9.17) is 0 Å². The first kappa shape index (κ1) is 13.5. The van der Waals surface area contributed by atoms with Crippen LogP contribution in [0.15, 0.2) is 36.5 Å². The second kappa shape index (κ2) is 5.12. The molecule has 3 aromatic rings. The lowest BCUT2D eigenvalue weighted by Crippen LogP contribution is -2.01. The molecule has 4 nitrogen and oxygen atoms in total. The van der Waals surface area contributed by atoms with Gasteiger partial charge >= 0.3 is 6.61 Å². The summed E-state index contributed by atoms with van der Waals surface area (Å²) >= 11 is 0. The first-order valence-corrected chi connectivity index (χ1v) is 6.39. The summed E-state index contributed by atoms with van der Waals surface area (Å²) in [5.41, 5.74) is 4.46. The topological polar surface area (TPSA) is 39.9 Å². The van der Waals surface area contributed by atoms with Gasteiger partial charge in [-0.15, -0.1) is 0 Å². The van der Waals surface area contributed by atoms with Crippen LogP contribution in [0.3, 0.4) is 0 Å². The molecule has 0 saturated heterocycles. The van der Waals surface area contributed by atoms with E-state index in [-0.39, 0.29) is 5.75 Å². The number of aromatic nitrogens is 3. The summed E-state index contributed by atoms with van der Waals surface area (Å²) in [5.74, 6) is 0.132. The third-order valence-electron chi connectivity index (χ3n) is 3.26. The van der Waals surface area contributed by atoms with Gasteiger partial charge in [0.1, 0.15) is 11.3 Å². The number of hydrogen-bond acceptors (Lipinski definition) is 3. The van der Waals surface area contributed by atoms with Gasteiger partial charge in [-0.25, -0.2) is 4.98 Å². The fourth-order valence-corrected chi connectivity index (χ4v) is 2.36. The van der Waals surface area contributed by atoms with Crippen LogP contribution in [0.25, 0.3) is 22.3 Å². The van der Waals surface area contributed by atoms with Crippen LogP contribution in [0.4, 0.5) is 8.78 Å². The van der Waals surface area contributed by atoms with E-state index in [0.717, 1.165) is 27.9 Å². The Morgan fingerprint density at radius 2 is 1.90 bits per heavy atom. The third kappa shape index (κ3) is 2.56. The van der Waals surface area contributed by atoms with Crippen molar-refractivity contribution in [2.45, 2.75) is 13.5 Å². The highest BCUT2D eigenvalue weighted by molar-refractivity contribution is 5.81. The van der Waals surface area contributed by atoms with E-state index >= 15 is 0 Å². The number of rotatable bonds is 3. The molecular weight excluding hydrogens is 276 g/mol. The third-order valence-corrected chi connectivity index (χ3v) is 3.26. The Bertz CT molecular complexity index is 781. The maximum absolute atomic E-state index is 12.1. The molecule has 0 aliphatic carbocycles. The Hall–Kier alpha value is -2.50. The second-order valence-electron chi connectivity index (χ2n) is 4.73. The highest BCUT2D eigenvalue weighted by Crippen LogP contribution is 2.26. The molecule has 2 heterocycles. The summed E-state index contributed by atoms with van der Waals surface area (Å²) in [5, 5.41) is 4.19. The van der Waals surface area contributed by atoms with Gasteiger partial charge in [0.25, 0.3) is 0 Å². The molecule has 0 radical (unpaired) electrons. The lowest BCUT2D eigenvalue weighted by molar-refractivity contribution is -0.0498. The molecule has 0 N–H and O–H groups in total. The number of hydrogen-bond donors (Lipinski definition) is 0. The molecule has 0 saturated carbocycles. The molecule has 0 aliphatic heterocycles. The number of aryl methyl sites for hydroxylation is 2. The minimum atomic E-state index is -2.82. The van der Waals surface area contributed by atoms with Crippen molar-refractivity contribution in [3.8, 4) is 17.0 Å². The van der Waals surface area contributed by atoms with E-state index < -0.39 is 6.61 Å². The maximum Gasteiger partial charge on any atom is 0.387 e. The zero-order valence-corrected chi connectivity index (χ0v) is 11.5. The SMILES string of the molecule is Cc1cc(-c2ccc(OC(F)F)cc2)nc2cnn(C)c12. The van der Waals surface area contributed by atoms with Crippen molar-refractivity contribution in [1.29, 1.82) is 0 Å². The van der Waals surface area contributed by atoms with Crippen LogP contribution in [0.1, 0.15) is 5.56 Å². The van der Waals surface area contributed by atoms with Gasteiger partial charge in [-0.05, 0) is 42.8 Å². The number of ether oxygens (including phenoxy) is 1. The molecule has 0 fully saturated rings. The zero-order chi connectivity index (χ0) is 15.0. The van der Waals surface area contributed by atoms with E-state index in [9.17, 15) is 8.78 Å². The molecule has 0 spiro atoms. The highest BCUT2D eigenvalue weighted by Gasteiger charge is 2.09. The van der Waals surface area contributed by atoms with Crippen molar-refractivity contribution in [1.82, 2.24) is 14.8 Å². The normalized spacial score (nSPS) is 11.3. The van der Waals surface area contributed by atoms with Crippen LogP contribution in [-0.4, -0.2) is 21.4 Å². The molecule has 0 amide bonds. The van der Waals surface area contributed by atoms with Crippen molar-refractivity contribution < 1.29 is 13.5 Å². The van der Waals surface area contributed by atoms with Crippen LogP contribution >= 0.6 is 0 Å². The van der Waals surface area contributed by atoms with Gasteiger partial charge in [0, 0.05) is 12.6 Å². The van der Waals surface area contributed by atoms with Gasteiger partial charge in [0.2, 0.25) is 0 Å². The number of halogens is 2. The Morgan fingerprint density at radius 1 is 1.19 bits per heavy atom. The Labute approximate surface area is 120 Å². The molecule has 0 unspecified atom stereocenters. The minimum absolute atomic E-state index is 0.132. The Morgan fingerprint density at radius 3 is 2.57 bits per heavy atom. The predicted octanol–water partition coefficient (Wildman–Crippen LogP) is 3.55. The first-order valence-electron chi connectivity index (χ1n) is 6.39. The van der Waals surface area contributed by atoms with E-state index in [2.05, 4.69) is 14.8 Å². The lowest BCUT2D eigenvalue weighted by Gasteiger charge is -2.07.